The highest BCUT2D eigenvalue weighted by atomic mass is 32.1. The highest BCUT2D eigenvalue weighted by Crippen LogP contribution is 2.38. The quantitative estimate of drug-likeness (QED) is 0.456. The van der Waals surface area contributed by atoms with Gasteiger partial charge >= 0.3 is 0 Å². The Morgan fingerprint density at radius 1 is 1.12 bits per heavy atom. The first-order valence-electron chi connectivity index (χ1n) is 8.53. The molecule has 1 aliphatic rings. The topological polar surface area (TPSA) is 37.9 Å². The molecule has 0 saturated carbocycles. The van der Waals surface area contributed by atoms with Crippen molar-refractivity contribution in [3.8, 4) is 23.0 Å². The summed E-state index contributed by atoms with van der Waals surface area (Å²) >= 11 is 5.54. The van der Waals surface area contributed by atoms with E-state index in [2.05, 4.69) is 67.1 Å². The standard InChI is InChI=1S/C21H20N2OS/c1-12(2)14-7-9-15(10-8-14)19-22-20-17(21(25)23-19)11-16-6-4-5-13(3)18(16)24-20/h4-10,12H,11H2,1-3H3,(H,22,23,25). The number of aromatic amines is 1. The van der Waals surface area contributed by atoms with Crippen molar-refractivity contribution in [2.24, 2.45) is 0 Å². The Hall–Kier alpha value is -2.46. The van der Waals surface area contributed by atoms with Crippen LogP contribution in [0.2, 0.25) is 0 Å². The zero-order chi connectivity index (χ0) is 17.6. The van der Waals surface area contributed by atoms with Crippen molar-refractivity contribution in [2.75, 3.05) is 0 Å². The van der Waals surface area contributed by atoms with E-state index in [1.165, 1.54) is 5.56 Å². The van der Waals surface area contributed by atoms with Crippen LogP contribution in [-0.4, -0.2) is 9.97 Å². The highest BCUT2D eigenvalue weighted by Gasteiger charge is 2.21. The van der Waals surface area contributed by atoms with Crippen molar-refractivity contribution in [1.82, 2.24) is 9.97 Å². The molecule has 0 unspecified atom stereocenters. The maximum absolute atomic E-state index is 6.15. The second kappa shape index (κ2) is 6.12. The number of fused-ring (bicyclic) bond motifs is 2. The second-order valence-electron chi connectivity index (χ2n) is 6.82. The van der Waals surface area contributed by atoms with Gasteiger partial charge in [-0.25, -0.2) is 4.98 Å². The average molecular weight is 348 g/mol. The molecule has 0 fully saturated rings. The number of rotatable bonds is 2. The molecule has 0 saturated heterocycles. The van der Waals surface area contributed by atoms with Crippen molar-refractivity contribution < 1.29 is 4.74 Å². The predicted molar refractivity (Wildman–Crippen MR) is 103 cm³/mol. The van der Waals surface area contributed by atoms with Crippen LogP contribution in [0.4, 0.5) is 0 Å². The minimum absolute atomic E-state index is 0.506. The van der Waals surface area contributed by atoms with E-state index in [1.54, 1.807) is 0 Å². The van der Waals surface area contributed by atoms with Crippen molar-refractivity contribution in [3.05, 3.63) is 69.4 Å². The van der Waals surface area contributed by atoms with E-state index in [9.17, 15) is 0 Å². The molecule has 0 atom stereocenters. The molecule has 0 spiro atoms. The van der Waals surface area contributed by atoms with Gasteiger partial charge < -0.3 is 9.72 Å². The molecule has 0 radical (unpaired) electrons. The molecule has 0 amide bonds. The lowest BCUT2D eigenvalue weighted by atomic mass is 10.0. The second-order valence-corrected chi connectivity index (χ2v) is 7.20. The number of hydrogen-bond acceptors (Lipinski definition) is 3. The summed E-state index contributed by atoms with van der Waals surface area (Å²) in [5, 5.41) is 0. The third-order valence-electron chi connectivity index (χ3n) is 4.69. The van der Waals surface area contributed by atoms with Gasteiger partial charge in [0, 0.05) is 12.0 Å². The summed E-state index contributed by atoms with van der Waals surface area (Å²) in [6.45, 7) is 6.44. The fraction of sp³-hybridized carbons (Fsp3) is 0.238. The van der Waals surface area contributed by atoms with Gasteiger partial charge in [0.2, 0.25) is 5.88 Å². The molecule has 3 nitrogen and oxygen atoms in total. The number of H-pyrrole nitrogens is 1. The summed E-state index contributed by atoms with van der Waals surface area (Å²) in [4.78, 5) is 7.94. The molecule has 1 aromatic heterocycles. The maximum Gasteiger partial charge on any atom is 0.205 e. The summed E-state index contributed by atoms with van der Waals surface area (Å²) < 4.78 is 6.75. The molecule has 1 N–H and O–H groups in total. The van der Waals surface area contributed by atoms with Crippen LogP contribution in [-0.2, 0) is 6.42 Å². The molecular weight excluding hydrogens is 328 g/mol. The zero-order valence-electron chi connectivity index (χ0n) is 14.6. The van der Waals surface area contributed by atoms with Crippen molar-refractivity contribution >= 4 is 12.2 Å². The van der Waals surface area contributed by atoms with Crippen molar-refractivity contribution in [3.63, 3.8) is 0 Å². The Bertz CT molecular complexity index is 1000. The SMILES string of the molecule is Cc1cccc2c1Oc1[nH]c(-c3ccc(C(C)C)cc3)nc(=S)c1C2. The first-order valence-corrected chi connectivity index (χ1v) is 8.93. The molecule has 0 aliphatic carbocycles. The molecule has 3 aromatic rings. The molecule has 0 bridgehead atoms. The van der Waals surface area contributed by atoms with E-state index in [1.807, 2.05) is 6.07 Å². The minimum atomic E-state index is 0.506. The first-order chi connectivity index (χ1) is 12.0. The van der Waals surface area contributed by atoms with E-state index in [0.29, 0.717) is 16.4 Å². The zero-order valence-corrected chi connectivity index (χ0v) is 15.4. The molecule has 4 rings (SSSR count). The smallest absolute Gasteiger partial charge is 0.205 e. The Labute approximate surface area is 152 Å². The molecule has 1 aliphatic heterocycles. The lowest BCUT2D eigenvalue weighted by Crippen LogP contribution is -2.08. The lowest BCUT2D eigenvalue weighted by Gasteiger charge is -2.22. The number of hydrogen-bond donors (Lipinski definition) is 1. The fourth-order valence-corrected chi connectivity index (χ4v) is 3.43. The summed E-state index contributed by atoms with van der Waals surface area (Å²) in [5.74, 6) is 2.89. The van der Waals surface area contributed by atoms with E-state index in [0.717, 1.165) is 40.2 Å². The van der Waals surface area contributed by atoms with Crippen LogP contribution >= 0.6 is 12.2 Å². The Morgan fingerprint density at radius 3 is 2.60 bits per heavy atom. The monoisotopic (exact) mass is 348 g/mol. The highest BCUT2D eigenvalue weighted by molar-refractivity contribution is 7.71. The first kappa shape index (κ1) is 16.0. The van der Waals surface area contributed by atoms with Gasteiger partial charge in [0.15, 0.2) is 0 Å². The predicted octanol–water partition coefficient (Wildman–Crippen LogP) is 5.93. The van der Waals surface area contributed by atoms with Crippen LogP contribution in [0.5, 0.6) is 11.6 Å². The average Bonchev–Trinajstić information content (AvgIpc) is 2.61. The third kappa shape index (κ3) is 2.87. The molecule has 4 heteroatoms. The number of para-hydroxylation sites is 1. The summed E-state index contributed by atoms with van der Waals surface area (Å²) in [6.07, 6.45) is 0.751. The van der Waals surface area contributed by atoms with Gasteiger partial charge in [0.1, 0.15) is 16.2 Å². The largest absolute Gasteiger partial charge is 0.440 e. The van der Waals surface area contributed by atoms with Crippen LogP contribution < -0.4 is 4.74 Å². The molecular formula is C21H20N2OS. The summed E-state index contributed by atoms with van der Waals surface area (Å²) in [5.41, 5.74) is 5.55. The van der Waals surface area contributed by atoms with Gasteiger partial charge in [0.05, 0.1) is 5.56 Å². The van der Waals surface area contributed by atoms with E-state index in [-0.39, 0.29) is 0 Å². The van der Waals surface area contributed by atoms with Gasteiger partial charge in [0.25, 0.3) is 0 Å². The van der Waals surface area contributed by atoms with Crippen LogP contribution in [0.3, 0.4) is 0 Å². The molecule has 126 valence electrons. The Morgan fingerprint density at radius 2 is 1.88 bits per heavy atom. The molecule has 25 heavy (non-hydrogen) atoms. The number of aryl methyl sites for hydroxylation is 1. The number of aromatic nitrogens is 2. The van der Waals surface area contributed by atoms with Crippen LogP contribution in [0.15, 0.2) is 42.5 Å². The number of nitrogens with zero attached hydrogens (tertiary/aromatic N) is 1. The Balaban J connectivity index is 1.77. The minimum Gasteiger partial charge on any atom is -0.440 e. The lowest BCUT2D eigenvalue weighted by molar-refractivity contribution is 0.435. The molecule has 2 aromatic carbocycles. The number of benzene rings is 2. The van der Waals surface area contributed by atoms with Crippen LogP contribution in [0.25, 0.3) is 11.4 Å². The normalized spacial score (nSPS) is 12.5. The van der Waals surface area contributed by atoms with Gasteiger partial charge in [-0.1, -0.05) is 68.5 Å². The van der Waals surface area contributed by atoms with Crippen molar-refractivity contribution in [1.29, 1.82) is 0 Å². The van der Waals surface area contributed by atoms with Crippen LogP contribution in [0, 0.1) is 11.6 Å². The van der Waals surface area contributed by atoms with Gasteiger partial charge in [-0.3, -0.25) is 0 Å². The summed E-state index contributed by atoms with van der Waals surface area (Å²) in [6, 6.07) is 14.6. The van der Waals surface area contributed by atoms with Crippen LogP contribution in [0.1, 0.15) is 42.0 Å². The maximum atomic E-state index is 6.15. The van der Waals surface area contributed by atoms with E-state index < -0.39 is 0 Å². The third-order valence-corrected chi connectivity index (χ3v) is 5.03. The van der Waals surface area contributed by atoms with Crippen molar-refractivity contribution in [2.45, 2.75) is 33.1 Å². The van der Waals surface area contributed by atoms with E-state index in [4.69, 9.17) is 17.0 Å². The fourth-order valence-electron chi connectivity index (χ4n) is 3.17. The van der Waals surface area contributed by atoms with Gasteiger partial charge in [-0.2, -0.15) is 0 Å². The number of nitrogens with one attached hydrogen (secondary N) is 1. The number of ether oxygens (including phenoxy) is 1. The summed E-state index contributed by atoms with van der Waals surface area (Å²) in [7, 11) is 0. The molecule has 2 heterocycles. The van der Waals surface area contributed by atoms with Gasteiger partial charge in [-0.05, 0) is 29.5 Å². The Kier molecular flexibility index (Phi) is 3.92. The van der Waals surface area contributed by atoms with E-state index >= 15 is 0 Å². The van der Waals surface area contributed by atoms with Gasteiger partial charge in [-0.15, -0.1) is 0 Å².